The van der Waals surface area contributed by atoms with E-state index in [-0.39, 0.29) is 23.7 Å². The fraction of sp³-hybridized carbons (Fsp3) is 0.438. The summed E-state index contributed by atoms with van der Waals surface area (Å²) in [6, 6.07) is 3.38. The minimum atomic E-state index is -1.18. The molecule has 0 unspecified atom stereocenters. The number of aromatic hydroxyl groups is 1. The molecule has 2 atom stereocenters. The van der Waals surface area contributed by atoms with Crippen molar-refractivity contribution in [1.82, 2.24) is 5.32 Å². The van der Waals surface area contributed by atoms with Gasteiger partial charge in [0.05, 0.1) is 6.54 Å². The molecule has 9 heteroatoms. The Morgan fingerprint density at radius 1 is 1.24 bits per heavy atom. The molecule has 0 aliphatic carbocycles. The van der Waals surface area contributed by atoms with Gasteiger partial charge in [0.1, 0.15) is 17.8 Å². The number of anilines is 1. The Kier molecular flexibility index (Phi) is 7.72. The topological polar surface area (TPSA) is 133 Å². The number of hydrogen-bond donors (Lipinski definition) is 5. The molecule has 0 spiro atoms. The molecule has 138 valence electrons. The molecule has 0 fully saturated rings. The summed E-state index contributed by atoms with van der Waals surface area (Å²) in [4.78, 5) is 37.3. The highest BCUT2D eigenvalue weighted by Gasteiger charge is 2.36. The third-order valence-corrected chi connectivity index (χ3v) is 3.89. The largest absolute Gasteiger partial charge is 0.508 e. The van der Waals surface area contributed by atoms with E-state index in [1.54, 1.807) is 13.8 Å². The molecule has 2 amide bonds. The van der Waals surface area contributed by atoms with Gasteiger partial charge in [-0.1, -0.05) is 13.8 Å². The van der Waals surface area contributed by atoms with Crippen LogP contribution in [0.15, 0.2) is 24.3 Å². The number of thiol groups is 1. The van der Waals surface area contributed by atoms with Gasteiger partial charge in [0, 0.05) is 11.4 Å². The first-order valence-electron chi connectivity index (χ1n) is 7.68. The Bertz CT molecular complexity index is 621. The number of aliphatic carboxylic acids is 1. The number of nitrogens with zero attached hydrogens (tertiary/aromatic N) is 1. The van der Waals surface area contributed by atoms with E-state index >= 15 is 0 Å². The fourth-order valence-corrected chi connectivity index (χ4v) is 2.59. The van der Waals surface area contributed by atoms with Crippen LogP contribution in [0.2, 0.25) is 0 Å². The number of phenolic OH excluding ortho intramolecular Hbond substituents is 1. The normalized spacial score (nSPS) is 13.2. The molecule has 25 heavy (non-hydrogen) atoms. The summed E-state index contributed by atoms with van der Waals surface area (Å²) >= 11 is 4.07. The third kappa shape index (κ3) is 5.36. The number of carbonyl (C=O) groups excluding carboxylic acids is 2. The van der Waals surface area contributed by atoms with Crippen LogP contribution in [0.1, 0.15) is 13.8 Å². The summed E-state index contributed by atoms with van der Waals surface area (Å²) in [7, 11) is 0. The van der Waals surface area contributed by atoms with E-state index in [2.05, 4.69) is 17.9 Å². The second kappa shape index (κ2) is 9.28. The van der Waals surface area contributed by atoms with Gasteiger partial charge in [-0.15, -0.1) is 0 Å². The number of carbonyl (C=O) groups is 3. The highest BCUT2D eigenvalue weighted by molar-refractivity contribution is 7.80. The maximum Gasteiger partial charge on any atom is 0.327 e. The van der Waals surface area contributed by atoms with Crippen LogP contribution in [0.4, 0.5) is 5.69 Å². The first kappa shape index (κ1) is 20.8. The van der Waals surface area contributed by atoms with E-state index in [0.29, 0.717) is 0 Å². The highest BCUT2D eigenvalue weighted by atomic mass is 32.1. The summed E-state index contributed by atoms with van der Waals surface area (Å²) < 4.78 is 0. The van der Waals surface area contributed by atoms with Crippen LogP contribution in [-0.2, 0) is 14.4 Å². The zero-order valence-corrected chi connectivity index (χ0v) is 14.9. The van der Waals surface area contributed by atoms with Gasteiger partial charge in [0.25, 0.3) is 5.91 Å². The average Bonchev–Trinajstić information content (AvgIpc) is 2.56. The highest BCUT2D eigenvalue weighted by Crippen LogP contribution is 2.25. The summed E-state index contributed by atoms with van der Waals surface area (Å²) in [5.74, 6) is -2.79. The molecule has 1 rings (SSSR count). The van der Waals surface area contributed by atoms with Crippen molar-refractivity contribution >= 4 is 36.1 Å². The number of nitrogens with two attached hydrogens (primary N) is 1. The van der Waals surface area contributed by atoms with Crippen LogP contribution in [0.5, 0.6) is 5.75 Å². The maximum atomic E-state index is 13.0. The Balaban J connectivity index is 3.33. The number of benzene rings is 1. The zero-order valence-electron chi connectivity index (χ0n) is 14.0. The summed E-state index contributed by atoms with van der Waals surface area (Å²) in [6.45, 7) is 3.05. The Morgan fingerprint density at radius 2 is 1.80 bits per heavy atom. The SMILES string of the molecule is CC(C)[C@@H](C(=O)O)N(C(=O)[C@H](CS)NC(=O)CN)c1ccc(O)cc1. The number of hydrogen-bond acceptors (Lipinski definition) is 6. The number of nitrogens with one attached hydrogen (secondary N) is 1. The Morgan fingerprint density at radius 3 is 2.20 bits per heavy atom. The molecule has 1 aromatic carbocycles. The molecule has 0 aliphatic rings. The van der Waals surface area contributed by atoms with E-state index in [4.69, 9.17) is 5.73 Å². The monoisotopic (exact) mass is 369 g/mol. The molecule has 1 aromatic rings. The van der Waals surface area contributed by atoms with Crippen LogP contribution in [-0.4, -0.2) is 52.4 Å². The molecule has 0 radical (unpaired) electrons. The Hall–Kier alpha value is -2.26. The van der Waals surface area contributed by atoms with E-state index in [1.807, 2.05) is 0 Å². The maximum absolute atomic E-state index is 13.0. The van der Waals surface area contributed by atoms with E-state index in [1.165, 1.54) is 24.3 Å². The van der Waals surface area contributed by atoms with Crippen molar-refractivity contribution in [1.29, 1.82) is 0 Å². The van der Waals surface area contributed by atoms with Crippen molar-refractivity contribution in [3.8, 4) is 5.75 Å². The number of carboxylic acid groups (broad SMARTS) is 1. The molecular formula is C16H23N3O5S. The van der Waals surface area contributed by atoms with Gasteiger partial charge in [0.15, 0.2) is 0 Å². The lowest BCUT2D eigenvalue weighted by Gasteiger charge is -2.34. The predicted octanol–water partition coefficient (Wildman–Crippen LogP) is 0.208. The molecule has 8 nitrogen and oxygen atoms in total. The standard InChI is InChI=1S/C16H23N3O5S/c1-9(2)14(16(23)24)19(10-3-5-11(20)6-4-10)15(22)12(8-25)18-13(21)7-17/h3-6,9,12,14,20,25H,7-8,17H2,1-2H3,(H,18,21)(H,23,24)/t12-,14-/m0/s1. The summed E-state index contributed by atoms with van der Waals surface area (Å²) in [6.07, 6.45) is 0. The van der Waals surface area contributed by atoms with E-state index in [9.17, 15) is 24.6 Å². The minimum absolute atomic E-state index is 0.0187. The lowest BCUT2D eigenvalue weighted by molar-refractivity contribution is -0.141. The second-order valence-electron chi connectivity index (χ2n) is 5.76. The van der Waals surface area contributed by atoms with Gasteiger partial charge in [0.2, 0.25) is 5.91 Å². The number of phenols is 1. The minimum Gasteiger partial charge on any atom is -0.508 e. The smallest absolute Gasteiger partial charge is 0.327 e. The Labute approximate surface area is 151 Å². The number of carboxylic acids is 1. The first-order valence-corrected chi connectivity index (χ1v) is 8.31. The molecular weight excluding hydrogens is 346 g/mol. The average molecular weight is 369 g/mol. The van der Waals surface area contributed by atoms with Crippen LogP contribution in [0.25, 0.3) is 0 Å². The number of rotatable bonds is 8. The summed E-state index contributed by atoms with van der Waals surface area (Å²) in [5, 5.41) is 21.5. The molecule has 0 heterocycles. The molecule has 0 bridgehead atoms. The van der Waals surface area contributed by atoms with Crippen LogP contribution < -0.4 is 16.0 Å². The van der Waals surface area contributed by atoms with Crippen molar-refractivity contribution in [2.75, 3.05) is 17.2 Å². The van der Waals surface area contributed by atoms with Crippen molar-refractivity contribution < 1.29 is 24.6 Å². The molecule has 0 saturated heterocycles. The van der Waals surface area contributed by atoms with Gasteiger partial charge in [-0.3, -0.25) is 14.5 Å². The number of amides is 2. The third-order valence-electron chi connectivity index (χ3n) is 3.53. The molecule has 0 saturated carbocycles. The van der Waals surface area contributed by atoms with Crippen LogP contribution in [0, 0.1) is 5.92 Å². The van der Waals surface area contributed by atoms with Gasteiger partial charge < -0.3 is 21.3 Å². The van der Waals surface area contributed by atoms with Crippen molar-refractivity contribution in [2.45, 2.75) is 25.9 Å². The van der Waals surface area contributed by atoms with Crippen LogP contribution in [0.3, 0.4) is 0 Å². The van der Waals surface area contributed by atoms with E-state index < -0.39 is 35.8 Å². The fourth-order valence-electron chi connectivity index (χ4n) is 2.34. The van der Waals surface area contributed by atoms with E-state index in [0.717, 1.165) is 4.90 Å². The van der Waals surface area contributed by atoms with Crippen molar-refractivity contribution in [3.05, 3.63) is 24.3 Å². The van der Waals surface area contributed by atoms with Gasteiger partial charge >= 0.3 is 5.97 Å². The lowest BCUT2D eigenvalue weighted by atomic mass is 10.0. The second-order valence-corrected chi connectivity index (χ2v) is 6.12. The molecule has 0 aromatic heterocycles. The van der Waals surface area contributed by atoms with Crippen LogP contribution >= 0.6 is 12.6 Å². The first-order chi connectivity index (χ1) is 11.7. The van der Waals surface area contributed by atoms with Crippen molar-refractivity contribution in [2.24, 2.45) is 11.7 Å². The predicted molar refractivity (Wildman–Crippen MR) is 96.7 cm³/mol. The lowest BCUT2D eigenvalue weighted by Crippen LogP contribution is -2.57. The molecule has 5 N–H and O–H groups in total. The summed E-state index contributed by atoms with van der Waals surface area (Å²) in [5.41, 5.74) is 5.54. The molecule has 0 aliphatic heterocycles. The van der Waals surface area contributed by atoms with Gasteiger partial charge in [-0.2, -0.15) is 12.6 Å². The van der Waals surface area contributed by atoms with Gasteiger partial charge in [-0.25, -0.2) is 4.79 Å². The van der Waals surface area contributed by atoms with Crippen molar-refractivity contribution in [3.63, 3.8) is 0 Å². The quantitative estimate of drug-likeness (QED) is 0.416. The van der Waals surface area contributed by atoms with Gasteiger partial charge in [-0.05, 0) is 30.2 Å². The zero-order chi connectivity index (χ0) is 19.1.